The average Bonchev–Trinajstić information content (AvgIpc) is 2.81. The van der Waals surface area contributed by atoms with Gasteiger partial charge in [0.2, 0.25) is 5.91 Å². The van der Waals surface area contributed by atoms with Crippen LogP contribution in [0, 0.1) is 0 Å². The third kappa shape index (κ3) is 3.06. The Bertz CT molecular complexity index is 358. The van der Waals surface area contributed by atoms with Gasteiger partial charge in [0.05, 0.1) is 0 Å². The molecule has 1 N–H and O–H groups in total. The first-order valence-corrected chi connectivity index (χ1v) is 6.19. The van der Waals surface area contributed by atoms with Gasteiger partial charge < -0.3 is 10.1 Å². The molecule has 1 amide bonds. The highest BCUT2D eigenvalue weighted by molar-refractivity contribution is 9.10. The highest BCUT2D eigenvalue weighted by Gasteiger charge is 2.22. The van der Waals surface area contributed by atoms with E-state index in [0.29, 0.717) is 13.2 Å². The molecule has 0 radical (unpaired) electrons. The van der Waals surface area contributed by atoms with Gasteiger partial charge in [-0.25, -0.2) is 0 Å². The molecule has 1 aromatic rings. The maximum Gasteiger partial charge on any atom is 0.249 e. The molecule has 16 heavy (non-hydrogen) atoms. The molecule has 1 fully saturated rings. The number of benzene rings is 1. The van der Waals surface area contributed by atoms with Crippen LogP contribution in [-0.4, -0.2) is 18.6 Å². The van der Waals surface area contributed by atoms with E-state index in [-0.39, 0.29) is 12.0 Å². The van der Waals surface area contributed by atoms with Gasteiger partial charge in [0.1, 0.15) is 6.10 Å². The quantitative estimate of drug-likeness (QED) is 0.924. The lowest BCUT2D eigenvalue weighted by Gasteiger charge is -2.10. The van der Waals surface area contributed by atoms with Gasteiger partial charge in [-0.2, -0.15) is 0 Å². The van der Waals surface area contributed by atoms with Gasteiger partial charge in [-0.1, -0.05) is 28.1 Å². The topological polar surface area (TPSA) is 38.3 Å². The number of amides is 1. The lowest BCUT2D eigenvalue weighted by atomic mass is 10.2. The van der Waals surface area contributed by atoms with Gasteiger partial charge in [-0.05, 0) is 30.5 Å². The molecule has 0 bridgehead atoms. The SMILES string of the molecule is O=C(NCc1ccc(Br)cc1)C1CCCO1. The van der Waals surface area contributed by atoms with Crippen molar-refractivity contribution in [3.8, 4) is 0 Å². The standard InChI is InChI=1S/C12H14BrNO2/c13-10-5-3-9(4-6-10)8-14-12(15)11-2-1-7-16-11/h3-6,11H,1-2,7-8H2,(H,14,15). The lowest BCUT2D eigenvalue weighted by molar-refractivity contribution is -0.130. The second-order valence-electron chi connectivity index (χ2n) is 3.85. The van der Waals surface area contributed by atoms with Gasteiger partial charge in [0.15, 0.2) is 0 Å². The van der Waals surface area contributed by atoms with Crippen LogP contribution in [0.2, 0.25) is 0 Å². The zero-order valence-electron chi connectivity index (χ0n) is 8.91. The number of hydrogen-bond donors (Lipinski definition) is 1. The molecule has 0 saturated carbocycles. The number of nitrogens with one attached hydrogen (secondary N) is 1. The summed E-state index contributed by atoms with van der Waals surface area (Å²) in [6.07, 6.45) is 1.58. The van der Waals surface area contributed by atoms with E-state index in [9.17, 15) is 4.79 Å². The molecule has 0 aromatic heterocycles. The van der Waals surface area contributed by atoms with Gasteiger partial charge in [0.25, 0.3) is 0 Å². The second-order valence-corrected chi connectivity index (χ2v) is 4.76. The Morgan fingerprint density at radius 2 is 2.19 bits per heavy atom. The van der Waals surface area contributed by atoms with E-state index >= 15 is 0 Å². The zero-order chi connectivity index (χ0) is 11.4. The van der Waals surface area contributed by atoms with Crippen molar-refractivity contribution >= 4 is 21.8 Å². The molecular weight excluding hydrogens is 270 g/mol. The van der Waals surface area contributed by atoms with Crippen molar-refractivity contribution in [2.45, 2.75) is 25.5 Å². The Labute approximate surface area is 103 Å². The van der Waals surface area contributed by atoms with Crippen LogP contribution >= 0.6 is 15.9 Å². The summed E-state index contributed by atoms with van der Waals surface area (Å²) in [6.45, 7) is 1.27. The molecule has 0 aliphatic carbocycles. The molecule has 1 aromatic carbocycles. The van der Waals surface area contributed by atoms with E-state index in [1.54, 1.807) is 0 Å². The third-order valence-corrected chi connectivity index (χ3v) is 3.13. The third-order valence-electron chi connectivity index (χ3n) is 2.60. The first kappa shape index (κ1) is 11.6. The van der Waals surface area contributed by atoms with Crippen molar-refractivity contribution in [2.75, 3.05) is 6.61 Å². The predicted molar refractivity (Wildman–Crippen MR) is 65.0 cm³/mol. The molecule has 2 rings (SSSR count). The Morgan fingerprint density at radius 3 is 2.81 bits per heavy atom. The summed E-state index contributed by atoms with van der Waals surface area (Å²) in [4.78, 5) is 11.6. The molecule has 1 saturated heterocycles. The monoisotopic (exact) mass is 283 g/mol. The summed E-state index contributed by atoms with van der Waals surface area (Å²) in [7, 11) is 0. The Hall–Kier alpha value is -0.870. The number of rotatable bonds is 3. The zero-order valence-corrected chi connectivity index (χ0v) is 10.5. The Balaban J connectivity index is 1.82. The second kappa shape index (κ2) is 5.46. The summed E-state index contributed by atoms with van der Waals surface area (Å²) in [6, 6.07) is 7.90. The Morgan fingerprint density at radius 1 is 1.44 bits per heavy atom. The fourth-order valence-electron chi connectivity index (χ4n) is 1.69. The van der Waals surface area contributed by atoms with Crippen LogP contribution in [-0.2, 0) is 16.1 Å². The fraction of sp³-hybridized carbons (Fsp3) is 0.417. The fourth-order valence-corrected chi connectivity index (χ4v) is 1.95. The molecular formula is C12H14BrNO2. The van der Waals surface area contributed by atoms with Crippen molar-refractivity contribution in [1.82, 2.24) is 5.32 Å². The van der Waals surface area contributed by atoms with E-state index < -0.39 is 0 Å². The van der Waals surface area contributed by atoms with Crippen molar-refractivity contribution in [1.29, 1.82) is 0 Å². The van der Waals surface area contributed by atoms with E-state index in [0.717, 1.165) is 22.9 Å². The molecule has 1 heterocycles. The molecule has 0 spiro atoms. The van der Waals surface area contributed by atoms with Gasteiger partial charge >= 0.3 is 0 Å². The minimum Gasteiger partial charge on any atom is -0.368 e. The number of hydrogen-bond acceptors (Lipinski definition) is 2. The van der Waals surface area contributed by atoms with E-state index in [1.807, 2.05) is 24.3 Å². The van der Waals surface area contributed by atoms with Gasteiger partial charge in [-0.3, -0.25) is 4.79 Å². The first-order chi connectivity index (χ1) is 7.75. The van der Waals surface area contributed by atoms with Gasteiger partial charge in [0, 0.05) is 17.6 Å². The van der Waals surface area contributed by atoms with Crippen LogP contribution in [0.1, 0.15) is 18.4 Å². The highest BCUT2D eigenvalue weighted by atomic mass is 79.9. The number of ether oxygens (including phenoxy) is 1. The van der Waals surface area contributed by atoms with E-state index in [4.69, 9.17) is 4.74 Å². The maximum atomic E-state index is 11.6. The first-order valence-electron chi connectivity index (χ1n) is 5.39. The molecule has 1 atom stereocenters. The summed E-state index contributed by atoms with van der Waals surface area (Å²) < 4.78 is 6.35. The highest BCUT2D eigenvalue weighted by Crippen LogP contribution is 2.13. The number of carbonyl (C=O) groups is 1. The van der Waals surface area contributed by atoms with Crippen molar-refractivity contribution in [3.63, 3.8) is 0 Å². The Kier molecular flexibility index (Phi) is 3.96. The van der Waals surface area contributed by atoms with Gasteiger partial charge in [-0.15, -0.1) is 0 Å². The number of carbonyl (C=O) groups excluding carboxylic acids is 1. The lowest BCUT2D eigenvalue weighted by Crippen LogP contribution is -2.33. The van der Waals surface area contributed by atoms with E-state index in [1.165, 1.54) is 0 Å². The van der Waals surface area contributed by atoms with Crippen LogP contribution in [0.4, 0.5) is 0 Å². The minimum absolute atomic E-state index is 0.000388. The van der Waals surface area contributed by atoms with Crippen LogP contribution < -0.4 is 5.32 Å². The van der Waals surface area contributed by atoms with Crippen molar-refractivity contribution in [3.05, 3.63) is 34.3 Å². The van der Waals surface area contributed by atoms with E-state index in [2.05, 4.69) is 21.2 Å². The summed E-state index contributed by atoms with van der Waals surface area (Å²) in [5.41, 5.74) is 1.09. The molecule has 86 valence electrons. The van der Waals surface area contributed by atoms with Crippen LogP contribution in [0.3, 0.4) is 0 Å². The average molecular weight is 284 g/mol. The number of halogens is 1. The largest absolute Gasteiger partial charge is 0.368 e. The predicted octanol–water partition coefficient (Wildman–Crippen LogP) is 2.24. The van der Waals surface area contributed by atoms with Crippen molar-refractivity contribution < 1.29 is 9.53 Å². The van der Waals surface area contributed by atoms with Crippen LogP contribution in [0.5, 0.6) is 0 Å². The normalized spacial score (nSPS) is 19.7. The molecule has 4 heteroatoms. The van der Waals surface area contributed by atoms with Crippen molar-refractivity contribution in [2.24, 2.45) is 0 Å². The summed E-state index contributed by atoms with van der Waals surface area (Å²) in [5, 5.41) is 2.88. The summed E-state index contributed by atoms with van der Waals surface area (Å²) in [5.74, 6) is 0.000388. The minimum atomic E-state index is -0.240. The van der Waals surface area contributed by atoms with Crippen LogP contribution in [0.15, 0.2) is 28.7 Å². The molecule has 3 nitrogen and oxygen atoms in total. The maximum absolute atomic E-state index is 11.6. The van der Waals surface area contributed by atoms with Crippen LogP contribution in [0.25, 0.3) is 0 Å². The summed E-state index contributed by atoms with van der Waals surface area (Å²) >= 11 is 3.37. The molecule has 1 aliphatic rings. The molecule has 1 unspecified atom stereocenters. The smallest absolute Gasteiger partial charge is 0.249 e. The molecule has 1 aliphatic heterocycles.